The molecule has 2 aromatic rings. The van der Waals surface area contributed by atoms with Crippen LogP contribution in [0.2, 0.25) is 0 Å². The Morgan fingerprint density at radius 3 is 2.15 bits per heavy atom. The van der Waals surface area contributed by atoms with Crippen molar-refractivity contribution in [2.45, 2.75) is 24.3 Å². The second-order valence-corrected chi connectivity index (χ2v) is 7.16. The number of nitrogens with one attached hydrogen (secondary N) is 2. The molecule has 26 heavy (non-hydrogen) atoms. The summed E-state index contributed by atoms with van der Waals surface area (Å²) in [5.74, 6) is -0.741. The second-order valence-electron chi connectivity index (χ2n) is 5.60. The van der Waals surface area contributed by atoms with Gasteiger partial charge in [-0.1, -0.05) is 12.1 Å². The standard InChI is InChI=1S/C17H20N4O4S/c18-26(24,25)15-3-1-13(2-4-15)7-10-20-16(22)11-17(23)21-12-14-5-8-19-9-6-14/h1-6,8-9H,7,10-12H2,(H,20,22)(H,21,23)(H2,18,24,25). The van der Waals surface area contributed by atoms with Crippen LogP contribution in [-0.4, -0.2) is 31.8 Å². The Morgan fingerprint density at radius 2 is 1.54 bits per heavy atom. The average molecular weight is 376 g/mol. The van der Waals surface area contributed by atoms with Crippen molar-refractivity contribution in [1.29, 1.82) is 0 Å². The van der Waals surface area contributed by atoms with Crippen LogP contribution in [0.25, 0.3) is 0 Å². The number of carbonyl (C=O) groups excluding carboxylic acids is 2. The van der Waals surface area contributed by atoms with Gasteiger partial charge < -0.3 is 10.6 Å². The fourth-order valence-electron chi connectivity index (χ4n) is 2.16. The molecule has 2 amide bonds. The van der Waals surface area contributed by atoms with Gasteiger partial charge >= 0.3 is 0 Å². The molecule has 0 saturated heterocycles. The van der Waals surface area contributed by atoms with Gasteiger partial charge in [-0.25, -0.2) is 13.6 Å². The highest BCUT2D eigenvalue weighted by molar-refractivity contribution is 7.89. The fraction of sp³-hybridized carbons (Fsp3) is 0.235. The molecular weight excluding hydrogens is 356 g/mol. The highest BCUT2D eigenvalue weighted by Crippen LogP contribution is 2.08. The largest absolute Gasteiger partial charge is 0.355 e. The van der Waals surface area contributed by atoms with Crippen LogP contribution in [0.15, 0.2) is 53.7 Å². The van der Waals surface area contributed by atoms with Crippen LogP contribution in [0.4, 0.5) is 0 Å². The Kier molecular flexibility index (Phi) is 6.81. The highest BCUT2D eigenvalue weighted by Gasteiger charge is 2.09. The summed E-state index contributed by atoms with van der Waals surface area (Å²) in [7, 11) is -3.71. The van der Waals surface area contributed by atoms with E-state index in [2.05, 4.69) is 15.6 Å². The minimum absolute atomic E-state index is 0.0381. The van der Waals surface area contributed by atoms with Gasteiger partial charge in [-0.15, -0.1) is 0 Å². The first kappa shape index (κ1) is 19.5. The van der Waals surface area contributed by atoms with Crippen molar-refractivity contribution in [1.82, 2.24) is 15.6 Å². The topological polar surface area (TPSA) is 131 Å². The molecule has 0 radical (unpaired) electrons. The molecular formula is C17H20N4O4S. The van der Waals surface area contributed by atoms with Gasteiger partial charge in [0.25, 0.3) is 0 Å². The molecule has 0 fully saturated rings. The van der Waals surface area contributed by atoms with Crippen molar-refractivity contribution >= 4 is 21.8 Å². The number of nitrogens with two attached hydrogens (primary N) is 1. The number of benzene rings is 1. The van der Waals surface area contributed by atoms with Crippen LogP contribution in [0, 0.1) is 0 Å². The van der Waals surface area contributed by atoms with Crippen molar-refractivity contribution < 1.29 is 18.0 Å². The van der Waals surface area contributed by atoms with E-state index in [0.29, 0.717) is 19.5 Å². The molecule has 0 aliphatic rings. The Bertz CT molecular complexity index is 852. The summed E-state index contributed by atoms with van der Waals surface area (Å²) in [6.07, 6.45) is 3.51. The molecule has 1 aromatic carbocycles. The molecule has 1 heterocycles. The van der Waals surface area contributed by atoms with Crippen molar-refractivity contribution in [3.05, 3.63) is 59.9 Å². The van der Waals surface area contributed by atoms with Crippen molar-refractivity contribution in [3.8, 4) is 0 Å². The SMILES string of the molecule is NS(=O)(=O)c1ccc(CCNC(=O)CC(=O)NCc2ccncc2)cc1. The quantitative estimate of drug-likeness (QED) is 0.562. The molecule has 2 rings (SSSR count). The van der Waals surface area contributed by atoms with E-state index in [-0.39, 0.29) is 23.1 Å². The van der Waals surface area contributed by atoms with Gasteiger partial charge in [0.2, 0.25) is 21.8 Å². The van der Waals surface area contributed by atoms with E-state index in [0.717, 1.165) is 11.1 Å². The number of sulfonamides is 1. The van der Waals surface area contributed by atoms with Crippen LogP contribution < -0.4 is 15.8 Å². The molecule has 138 valence electrons. The lowest BCUT2D eigenvalue weighted by Crippen LogP contribution is -2.32. The third-order valence-electron chi connectivity index (χ3n) is 3.55. The van der Waals surface area contributed by atoms with Crippen molar-refractivity contribution in [2.75, 3.05) is 6.54 Å². The van der Waals surface area contributed by atoms with Crippen LogP contribution in [0.1, 0.15) is 17.5 Å². The molecule has 0 bridgehead atoms. The molecule has 8 nitrogen and oxygen atoms in total. The monoisotopic (exact) mass is 376 g/mol. The number of pyridine rings is 1. The van der Waals surface area contributed by atoms with Crippen LogP contribution >= 0.6 is 0 Å². The van der Waals surface area contributed by atoms with E-state index in [9.17, 15) is 18.0 Å². The normalized spacial score (nSPS) is 11.0. The van der Waals surface area contributed by atoms with Gasteiger partial charge in [-0.3, -0.25) is 14.6 Å². The molecule has 0 unspecified atom stereocenters. The van der Waals surface area contributed by atoms with Crippen molar-refractivity contribution in [2.24, 2.45) is 5.14 Å². The molecule has 0 saturated carbocycles. The maximum atomic E-state index is 11.8. The smallest absolute Gasteiger partial charge is 0.238 e. The van der Waals surface area contributed by atoms with Crippen LogP contribution in [-0.2, 0) is 32.6 Å². The molecule has 9 heteroatoms. The molecule has 1 aromatic heterocycles. The summed E-state index contributed by atoms with van der Waals surface area (Å²) in [5.41, 5.74) is 1.75. The van der Waals surface area contributed by atoms with E-state index >= 15 is 0 Å². The van der Waals surface area contributed by atoms with Crippen molar-refractivity contribution in [3.63, 3.8) is 0 Å². The Hall–Kier alpha value is -2.78. The summed E-state index contributed by atoms with van der Waals surface area (Å²) in [5, 5.41) is 10.3. The van der Waals surface area contributed by atoms with Gasteiger partial charge in [0.05, 0.1) is 4.90 Å². The number of nitrogens with zero attached hydrogens (tertiary/aromatic N) is 1. The number of amides is 2. The van der Waals surface area contributed by atoms with Gasteiger partial charge in [-0.05, 0) is 41.8 Å². The Balaban J connectivity index is 1.69. The number of hydrogen-bond donors (Lipinski definition) is 3. The Morgan fingerprint density at radius 1 is 0.923 bits per heavy atom. The molecule has 4 N–H and O–H groups in total. The summed E-state index contributed by atoms with van der Waals surface area (Å²) in [6, 6.07) is 9.65. The van der Waals surface area contributed by atoms with Gasteiger partial charge in [0.15, 0.2) is 0 Å². The lowest BCUT2D eigenvalue weighted by Gasteiger charge is -2.07. The third kappa shape index (κ3) is 6.61. The molecule has 0 spiro atoms. The zero-order valence-corrected chi connectivity index (χ0v) is 14.8. The molecule has 0 aliphatic carbocycles. The minimum atomic E-state index is -3.71. The highest BCUT2D eigenvalue weighted by atomic mass is 32.2. The summed E-state index contributed by atoms with van der Waals surface area (Å²) < 4.78 is 22.3. The average Bonchev–Trinajstić information content (AvgIpc) is 2.60. The first-order valence-corrected chi connectivity index (χ1v) is 9.43. The summed E-state index contributed by atoms with van der Waals surface area (Å²) in [4.78, 5) is 27.4. The molecule has 0 atom stereocenters. The number of aromatic nitrogens is 1. The number of carbonyl (C=O) groups is 2. The van der Waals surface area contributed by atoms with E-state index in [1.54, 1.807) is 36.7 Å². The van der Waals surface area contributed by atoms with E-state index in [4.69, 9.17) is 5.14 Å². The lowest BCUT2D eigenvalue weighted by molar-refractivity contribution is -0.129. The lowest BCUT2D eigenvalue weighted by atomic mass is 10.1. The second kappa shape index (κ2) is 9.07. The van der Waals surface area contributed by atoms with E-state index in [1.165, 1.54) is 12.1 Å². The third-order valence-corrected chi connectivity index (χ3v) is 4.48. The molecule has 0 aliphatic heterocycles. The van der Waals surface area contributed by atoms with Crippen LogP contribution in [0.3, 0.4) is 0 Å². The maximum Gasteiger partial charge on any atom is 0.238 e. The number of primary sulfonamides is 1. The first-order chi connectivity index (χ1) is 12.3. The minimum Gasteiger partial charge on any atom is -0.355 e. The summed E-state index contributed by atoms with van der Waals surface area (Å²) in [6.45, 7) is 0.677. The predicted molar refractivity (Wildman–Crippen MR) is 95.2 cm³/mol. The zero-order chi connectivity index (χ0) is 19.0. The van der Waals surface area contributed by atoms with Gasteiger partial charge in [0.1, 0.15) is 6.42 Å². The first-order valence-electron chi connectivity index (χ1n) is 7.88. The number of hydrogen-bond acceptors (Lipinski definition) is 5. The maximum absolute atomic E-state index is 11.8. The van der Waals surface area contributed by atoms with E-state index < -0.39 is 10.0 Å². The summed E-state index contributed by atoms with van der Waals surface area (Å²) >= 11 is 0. The van der Waals surface area contributed by atoms with Crippen LogP contribution in [0.5, 0.6) is 0 Å². The number of rotatable bonds is 8. The van der Waals surface area contributed by atoms with E-state index in [1.807, 2.05) is 0 Å². The van der Waals surface area contributed by atoms with Gasteiger partial charge in [0, 0.05) is 25.5 Å². The zero-order valence-electron chi connectivity index (χ0n) is 14.0. The Labute approximate surface area is 151 Å². The van der Waals surface area contributed by atoms with Gasteiger partial charge in [-0.2, -0.15) is 0 Å². The predicted octanol–water partition coefficient (Wildman–Crippen LogP) is 0.0942. The fourth-order valence-corrected chi connectivity index (χ4v) is 2.68.